The zero-order valence-corrected chi connectivity index (χ0v) is 9.89. The molecular weight excluding hydrogens is 212 g/mol. The van der Waals surface area contributed by atoms with Crippen molar-refractivity contribution < 1.29 is 4.74 Å². The summed E-state index contributed by atoms with van der Waals surface area (Å²) >= 11 is 0. The highest BCUT2D eigenvalue weighted by molar-refractivity contribution is 5.31. The van der Waals surface area contributed by atoms with E-state index in [2.05, 4.69) is 17.2 Å². The van der Waals surface area contributed by atoms with Gasteiger partial charge in [-0.2, -0.15) is 0 Å². The molecule has 2 aromatic rings. The molecule has 1 aromatic carbocycles. The van der Waals surface area contributed by atoms with Crippen LogP contribution >= 0.6 is 0 Å². The van der Waals surface area contributed by atoms with Crippen LogP contribution in [0.15, 0.2) is 48.8 Å². The highest BCUT2D eigenvalue weighted by Crippen LogP contribution is 2.20. The summed E-state index contributed by atoms with van der Waals surface area (Å²) in [5.74, 6) is 1.60. The standard InChI is InChI=1S/C14H16N2O/c1-2-15-9-12-8-14(11-16-10-12)17-13-6-4-3-5-7-13/h3-8,10-11,15H,2,9H2,1H3. The number of pyridine rings is 1. The first-order valence-corrected chi connectivity index (χ1v) is 5.76. The number of para-hydroxylation sites is 1. The van der Waals surface area contributed by atoms with Crippen LogP contribution < -0.4 is 10.1 Å². The normalized spacial score (nSPS) is 10.2. The predicted molar refractivity (Wildman–Crippen MR) is 68.1 cm³/mol. The van der Waals surface area contributed by atoms with Crippen LogP contribution in [0.1, 0.15) is 12.5 Å². The van der Waals surface area contributed by atoms with Gasteiger partial charge in [-0.15, -0.1) is 0 Å². The van der Waals surface area contributed by atoms with Crippen molar-refractivity contribution in [3.63, 3.8) is 0 Å². The molecule has 0 spiro atoms. The molecule has 3 nitrogen and oxygen atoms in total. The van der Waals surface area contributed by atoms with E-state index < -0.39 is 0 Å². The number of benzene rings is 1. The third-order valence-electron chi connectivity index (χ3n) is 2.33. The van der Waals surface area contributed by atoms with Crippen LogP contribution in [0.3, 0.4) is 0 Å². The van der Waals surface area contributed by atoms with Gasteiger partial charge in [0, 0.05) is 12.7 Å². The average Bonchev–Trinajstić information content (AvgIpc) is 2.38. The van der Waals surface area contributed by atoms with Gasteiger partial charge < -0.3 is 10.1 Å². The van der Waals surface area contributed by atoms with Gasteiger partial charge >= 0.3 is 0 Å². The van der Waals surface area contributed by atoms with Gasteiger partial charge in [-0.3, -0.25) is 4.98 Å². The van der Waals surface area contributed by atoms with Gasteiger partial charge in [0.05, 0.1) is 6.20 Å². The lowest BCUT2D eigenvalue weighted by molar-refractivity contribution is 0.479. The lowest BCUT2D eigenvalue weighted by Crippen LogP contribution is -2.11. The summed E-state index contributed by atoms with van der Waals surface area (Å²) in [4.78, 5) is 4.17. The van der Waals surface area contributed by atoms with Crippen LogP contribution in [0, 0.1) is 0 Å². The van der Waals surface area contributed by atoms with Crippen LogP contribution in [-0.4, -0.2) is 11.5 Å². The molecule has 1 N–H and O–H groups in total. The van der Waals surface area contributed by atoms with E-state index in [-0.39, 0.29) is 0 Å². The number of hydrogen-bond acceptors (Lipinski definition) is 3. The maximum Gasteiger partial charge on any atom is 0.146 e. The minimum absolute atomic E-state index is 0.770. The summed E-state index contributed by atoms with van der Waals surface area (Å²) in [6, 6.07) is 11.7. The number of aromatic nitrogens is 1. The van der Waals surface area contributed by atoms with Crippen molar-refractivity contribution >= 4 is 0 Å². The average molecular weight is 228 g/mol. The van der Waals surface area contributed by atoms with Crippen LogP contribution in [0.2, 0.25) is 0 Å². The molecule has 1 aromatic heterocycles. The van der Waals surface area contributed by atoms with Crippen molar-refractivity contribution in [1.29, 1.82) is 0 Å². The molecule has 0 saturated heterocycles. The summed E-state index contributed by atoms with van der Waals surface area (Å²) in [5.41, 5.74) is 1.13. The fourth-order valence-electron chi connectivity index (χ4n) is 1.51. The molecule has 0 radical (unpaired) electrons. The van der Waals surface area contributed by atoms with E-state index in [1.54, 1.807) is 6.20 Å². The maximum atomic E-state index is 5.71. The van der Waals surface area contributed by atoms with Gasteiger partial charge in [-0.25, -0.2) is 0 Å². The molecule has 0 amide bonds. The zero-order chi connectivity index (χ0) is 11.9. The predicted octanol–water partition coefficient (Wildman–Crippen LogP) is 2.98. The van der Waals surface area contributed by atoms with Crippen molar-refractivity contribution in [2.45, 2.75) is 13.5 Å². The highest BCUT2D eigenvalue weighted by Gasteiger charge is 1.99. The fraction of sp³-hybridized carbons (Fsp3) is 0.214. The van der Waals surface area contributed by atoms with Crippen LogP contribution in [-0.2, 0) is 6.54 Å². The first-order chi connectivity index (χ1) is 8.38. The van der Waals surface area contributed by atoms with Crippen LogP contribution in [0.25, 0.3) is 0 Å². The summed E-state index contributed by atoms with van der Waals surface area (Å²) in [7, 11) is 0. The van der Waals surface area contributed by atoms with Gasteiger partial charge in [0.25, 0.3) is 0 Å². The Bertz CT molecular complexity index is 457. The minimum Gasteiger partial charge on any atom is -0.456 e. The second-order valence-electron chi connectivity index (χ2n) is 3.72. The van der Waals surface area contributed by atoms with Crippen molar-refractivity contribution in [2.75, 3.05) is 6.54 Å². The molecule has 0 aliphatic rings. The Kier molecular flexibility index (Phi) is 4.11. The largest absolute Gasteiger partial charge is 0.456 e. The Hall–Kier alpha value is -1.87. The first kappa shape index (κ1) is 11.6. The monoisotopic (exact) mass is 228 g/mol. The summed E-state index contributed by atoms with van der Waals surface area (Å²) < 4.78 is 5.71. The van der Waals surface area contributed by atoms with Crippen molar-refractivity contribution in [3.05, 3.63) is 54.4 Å². The quantitative estimate of drug-likeness (QED) is 0.854. The summed E-state index contributed by atoms with van der Waals surface area (Å²) in [5, 5.41) is 3.26. The fourth-order valence-corrected chi connectivity index (χ4v) is 1.51. The van der Waals surface area contributed by atoms with Crippen molar-refractivity contribution in [1.82, 2.24) is 10.3 Å². The lowest BCUT2D eigenvalue weighted by Gasteiger charge is -2.07. The Morgan fingerprint density at radius 1 is 1.12 bits per heavy atom. The maximum absolute atomic E-state index is 5.71. The van der Waals surface area contributed by atoms with Crippen LogP contribution in [0.4, 0.5) is 0 Å². The Morgan fingerprint density at radius 2 is 1.94 bits per heavy atom. The lowest BCUT2D eigenvalue weighted by atomic mass is 10.2. The van der Waals surface area contributed by atoms with E-state index >= 15 is 0 Å². The molecule has 0 saturated carbocycles. The Morgan fingerprint density at radius 3 is 2.71 bits per heavy atom. The summed E-state index contributed by atoms with van der Waals surface area (Å²) in [6.45, 7) is 3.84. The SMILES string of the molecule is CCNCc1cncc(Oc2ccccc2)c1. The number of nitrogens with one attached hydrogen (secondary N) is 1. The zero-order valence-electron chi connectivity index (χ0n) is 9.89. The third kappa shape index (κ3) is 3.57. The van der Waals surface area contributed by atoms with E-state index in [9.17, 15) is 0 Å². The molecule has 3 heteroatoms. The van der Waals surface area contributed by atoms with Crippen molar-refractivity contribution in [2.24, 2.45) is 0 Å². The molecule has 2 rings (SSSR count). The first-order valence-electron chi connectivity index (χ1n) is 5.76. The highest BCUT2D eigenvalue weighted by atomic mass is 16.5. The molecule has 0 unspecified atom stereocenters. The summed E-state index contributed by atoms with van der Waals surface area (Å²) in [6.07, 6.45) is 3.57. The minimum atomic E-state index is 0.770. The Balaban J connectivity index is 2.06. The van der Waals surface area contributed by atoms with E-state index in [0.717, 1.165) is 30.2 Å². The Labute approximate surface area is 101 Å². The molecule has 0 bridgehead atoms. The van der Waals surface area contributed by atoms with E-state index in [1.807, 2.05) is 42.6 Å². The van der Waals surface area contributed by atoms with E-state index in [0.29, 0.717) is 0 Å². The number of ether oxygens (including phenoxy) is 1. The van der Waals surface area contributed by atoms with Gasteiger partial charge in [-0.05, 0) is 30.3 Å². The van der Waals surface area contributed by atoms with Crippen molar-refractivity contribution in [3.8, 4) is 11.5 Å². The molecule has 0 aliphatic heterocycles. The topological polar surface area (TPSA) is 34.2 Å². The molecule has 88 valence electrons. The van der Waals surface area contributed by atoms with Gasteiger partial charge in [0.15, 0.2) is 0 Å². The number of rotatable bonds is 5. The van der Waals surface area contributed by atoms with E-state index in [4.69, 9.17) is 4.74 Å². The molecule has 1 heterocycles. The second kappa shape index (κ2) is 6.01. The molecule has 0 fully saturated rings. The third-order valence-corrected chi connectivity index (χ3v) is 2.33. The molecule has 17 heavy (non-hydrogen) atoms. The van der Waals surface area contributed by atoms with Gasteiger partial charge in [-0.1, -0.05) is 25.1 Å². The molecule has 0 aliphatic carbocycles. The smallest absolute Gasteiger partial charge is 0.146 e. The second-order valence-corrected chi connectivity index (χ2v) is 3.72. The molecular formula is C14H16N2O. The van der Waals surface area contributed by atoms with Gasteiger partial charge in [0.2, 0.25) is 0 Å². The number of nitrogens with zero attached hydrogens (tertiary/aromatic N) is 1. The van der Waals surface area contributed by atoms with Gasteiger partial charge in [0.1, 0.15) is 11.5 Å². The van der Waals surface area contributed by atoms with Crippen LogP contribution in [0.5, 0.6) is 11.5 Å². The molecule has 0 atom stereocenters. The number of hydrogen-bond donors (Lipinski definition) is 1. The van der Waals surface area contributed by atoms with E-state index in [1.165, 1.54) is 0 Å².